The van der Waals surface area contributed by atoms with E-state index >= 15 is 0 Å². The van der Waals surface area contributed by atoms with E-state index in [0.29, 0.717) is 0 Å². The summed E-state index contributed by atoms with van der Waals surface area (Å²) in [5.41, 5.74) is 5.09. The lowest BCUT2D eigenvalue weighted by atomic mass is 9.99. The van der Waals surface area contributed by atoms with Crippen LogP contribution in [0, 0.1) is 5.92 Å². The molecule has 2 nitrogen and oxygen atoms in total. The molecule has 0 bridgehead atoms. The van der Waals surface area contributed by atoms with Crippen LogP contribution in [-0.4, -0.2) is 23.7 Å². The van der Waals surface area contributed by atoms with Gasteiger partial charge in [0.25, 0.3) is 5.92 Å². The molecule has 0 fully saturated rings. The zero-order valence-electron chi connectivity index (χ0n) is 6.14. The first-order valence-electron chi connectivity index (χ1n) is 3.16. The number of rotatable bonds is 3. The first-order chi connectivity index (χ1) is 4.41. The van der Waals surface area contributed by atoms with Crippen molar-refractivity contribution < 1.29 is 13.9 Å². The second-order valence-corrected chi connectivity index (χ2v) is 2.69. The second-order valence-electron chi connectivity index (χ2n) is 2.69. The fourth-order valence-corrected chi connectivity index (χ4v) is 0.593. The number of halogens is 2. The lowest BCUT2D eigenvalue weighted by molar-refractivity contribution is -0.0801. The summed E-state index contributed by atoms with van der Waals surface area (Å²) in [6.07, 6.45) is 0. The highest BCUT2D eigenvalue weighted by Gasteiger charge is 2.37. The van der Waals surface area contributed by atoms with Gasteiger partial charge in [0, 0.05) is 0 Å². The molecule has 10 heavy (non-hydrogen) atoms. The Kier molecular flexibility index (Phi) is 3.18. The molecular weight excluding hydrogens is 140 g/mol. The van der Waals surface area contributed by atoms with E-state index in [4.69, 9.17) is 10.8 Å². The molecule has 0 amide bonds. The van der Waals surface area contributed by atoms with Crippen LogP contribution in [-0.2, 0) is 0 Å². The minimum atomic E-state index is -3.14. The van der Waals surface area contributed by atoms with Gasteiger partial charge in [0.15, 0.2) is 0 Å². The van der Waals surface area contributed by atoms with Crippen molar-refractivity contribution in [3.05, 3.63) is 0 Å². The van der Waals surface area contributed by atoms with Crippen molar-refractivity contribution in [3.63, 3.8) is 0 Å². The molecule has 0 aromatic heterocycles. The van der Waals surface area contributed by atoms with Crippen LogP contribution in [0.15, 0.2) is 0 Å². The van der Waals surface area contributed by atoms with Gasteiger partial charge < -0.3 is 10.8 Å². The van der Waals surface area contributed by atoms with E-state index in [1.807, 2.05) is 0 Å². The molecule has 0 aliphatic heterocycles. The third-order valence-corrected chi connectivity index (χ3v) is 1.42. The summed E-state index contributed by atoms with van der Waals surface area (Å²) in [5.74, 6) is -3.46. The van der Waals surface area contributed by atoms with Crippen LogP contribution in [0.1, 0.15) is 13.8 Å². The Morgan fingerprint density at radius 2 is 1.90 bits per heavy atom. The molecule has 0 heterocycles. The molecule has 0 saturated heterocycles. The van der Waals surface area contributed by atoms with E-state index in [1.165, 1.54) is 0 Å². The summed E-state index contributed by atoms with van der Waals surface area (Å²) in [6, 6.07) is -1.25. The standard InChI is InChI=1S/C6H13F2NO/c1-4(2)5(9)6(7,8)3-10/h4-5,10H,3,9H2,1-2H3/t5-/m0/s1. The topological polar surface area (TPSA) is 46.2 Å². The van der Waals surface area contributed by atoms with Gasteiger partial charge in [-0.3, -0.25) is 0 Å². The molecule has 4 heteroatoms. The van der Waals surface area contributed by atoms with Crippen molar-refractivity contribution in [1.82, 2.24) is 0 Å². The summed E-state index contributed by atoms with van der Waals surface area (Å²) in [5, 5.41) is 8.18. The Morgan fingerprint density at radius 1 is 1.50 bits per heavy atom. The predicted octanol–water partition coefficient (Wildman–Crippen LogP) is 0.597. The van der Waals surface area contributed by atoms with Gasteiger partial charge >= 0.3 is 0 Å². The Labute approximate surface area is 59.0 Å². The summed E-state index contributed by atoms with van der Waals surface area (Å²) < 4.78 is 24.8. The zero-order valence-corrected chi connectivity index (χ0v) is 6.14. The Balaban J connectivity index is 4.03. The Morgan fingerprint density at radius 3 is 2.00 bits per heavy atom. The molecule has 0 spiro atoms. The lowest BCUT2D eigenvalue weighted by Gasteiger charge is -2.24. The molecule has 3 N–H and O–H groups in total. The molecule has 0 aromatic rings. The second kappa shape index (κ2) is 3.25. The van der Waals surface area contributed by atoms with E-state index in [9.17, 15) is 8.78 Å². The van der Waals surface area contributed by atoms with Gasteiger partial charge in [-0.25, -0.2) is 8.78 Å². The van der Waals surface area contributed by atoms with Crippen LogP contribution in [0.4, 0.5) is 8.78 Å². The quantitative estimate of drug-likeness (QED) is 0.623. The minimum Gasteiger partial charge on any atom is -0.390 e. The SMILES string of the molecule is CC(C)[C@H](N)C(F)(F)CO. The summed E-state index contributed by atoms with van der Waals surface area (Å²) >= 11 is 0. The molecule has 0 unspecified atom stereocenters. The maximum absolute atomic E-state index is 12.4. The fourth-order valence-electron chi connectivity index (χ4n) is 0.593. The van der Waals surface area contributed by atoms with E-state index in [-0.39, 0.29) is 5.92 Å². The van der Waals surface area contributed by atoms with Crippen molar-refractivity contribution in [3.8, 4) is 0 Å². The third-order valence-electron chi connectivity index (χ3n) is 1.42. The molecule has 0 radical (unpaired) electrons. The maximum Gasteiger partial charge on any atom is 0.285 e. The molecule has 0 saturated carbocycles. The Hall–Kier alpha value is -0.220. The Bertz CT molecular complexity index is 106. The summed E-state index contributed by atoms with van der Waals surface area (Å²) in [6.45, 7) is 2.01. The third kappa shape index (κ3) is 2.19. The number of alkyl halides is 2. The van der Waals surface area contributed by atoms with Crippen LogP contribution >= 0.6 is 0 Å². The van der Waals surface area contributed by atoms with Gasteiger partial charge in [-0.2, -0.15) is 0 Å². The smallest absolute Gasteiger partial charge is 0.285 e. The zero-order chi connectivity index (χ0) is 8.36. The number of aliphatic hydroxyl groups is 1. The fraction of sp³-hybridized carbons (Fsp3) is 1.00. The highest BCUT2D eigenvalue weighted by atomic mass is 19.3. The van der Waals surface area contributed by atoms with Gasteiger partial charge in [0.1, 0.15) is 6.61 Å². The molecule has 0 aliphatic rings. The van der Waals surface area contributed by atoms with Gasteiger partial charge in [0.2, 0.25) is 0 Å². The molecule has 1 atom stereocenters. The first-order valence-corrected chi connectivity index (χ1v) is 3.16. The first kappa shape index (κ1) is 9.78. The van der Waals surface area contributed by atoms with Crippen LogP contribution in [0.25, 0.3) is 0 Å². The van der Waals surface area contributed by atoms with Crippen LogP contribution in [0.3, 0.4) is 0 Å². The highest BCUT2D eigenvalue weighted by molar-refractivity contribution is 4.81. The molecule has 0 aliphatic carbocycles. The lowest BCUT2D eigenvalue weighted by Crippen LogP contribution is -2.47. The number of nitrogens with two attached hydrogens (primary N) is 1. The average Bonchev–Trinajstić information content (AvgIpc) is 1.86. The molecule has 0 rings (SSSR count). The van der Waals surface area contributed by atoms with Crippen LogP contribution < -0.4 is 5.73 Å². The highest BCUT2D eigenvalue weighted by Crippen LogP contribution is 2.20. The van der Waals surface area contributed by atoms with Gasteiger partial charge in [-0.05, 0) is 5.92 Å². The normalized spacial score (nSPS) is 15.9. The van der Waals surface area contributed by atoms with E-state index < -0.39 is 18.6 Å². The summed E-state index contributed by atoms with van der Waals surface area (Å²) in [7, 11) is 0. The van der Waals surface area contributed by atoms with E-state index in [1.54, 1.807) is 13.8 Å². The number of hydrogen-bond donors (Lipinski definition) is 2. The van der Waals surface area contributed by atoms with Crippen molar-refractivity contribution >= 4 is 0 Å². The monoisotopic (exact) mass is 153 g/mol. The van der Waals surface area contributed by atoms with Gasteiger partial charge in [-0.1, -0.05) is 13.8 Å². The van der Waals surface area contributed by atoms with Crippen molar-refractivity contribution in [2.75, 3.05) is 6.61 Å². The number of hydrogen-bond acceptors (Lipinski definition) is 2. The van der Waals surface area contributed by atoms with Gasteiger partial charge in [-0.15, -0.1) is 0 Å². The average molecular weight is 153 g/mol. The molecular formula is C6H13F2NO. The largest absolute Gasteiger partial charge is 0.390 e. The van der Waals surface area contributed by atoms with Crippen LogP contribution in [0.5, 0.6) is 0 Å². The maximum atomic E-state index is 12.4. The van der Waals surface area contributed by atoms with Crippen molar-refractivity contribution in [2.45, 2.75) is 25.8 Å². The minimum absolute atomic E-state index is 0.317. The van der Waals surface area contributed by atoms with Gasteiger partial charge in [0.05, 0.1) is 6.04 Å². The predicted molar refractivity (Wildman–Crippen MR) is 34.8 cm³/mol. The van der Waals surface area contributed by atoms with Crippen molar-refractivity contribution in [2.24, 2.45) is 11.7 Å². The van der Waals surface area contributed by atoms with Crippen LogP contribution in [0.2, 0.25) is 0 Å². The molecule has 62 valence electrons. The van der Waals surface area contributed by atoms with E-state index in [0.717, 1.165) is 0 Å². The summed E-state index contributed by atoms with van der Waals surface area (Å²) in [4.78, 5) is 0. The number of aliphatic hydroxyl groups excluding tert-OH is 1. The molecule has 0 aromatic carbocycles. The van der Waals surface area contributed by atoms with E-state index in [2.05, 4.69) is 0 Å². The van der Waals surface area contributed by atoms with Crippen molar-refractivity contribution in [1.29, 1.82) is 0 Å².